The van der Waals surface area contributed by atoms with Gasteiger partial charge in [-0.1, -0.05) is 5.16 Å². The Hall–Kier alpha value is -3.23. The monoisotopic (exact) mass is 341 g/mol. The predicted molar refractivity (Wildman–Crippen MR) is 90.7 cm³/mol. The lowest BCUT2D eigenvalue weighted by atomic mass is 10.3. The van der Waals surface area contributed by atoms with Crippen LogP contribution in [0.2, 0.25) is 0 Å². The zero-order valence-corrected chi connectivity index (χ0v) is 14.2. The van der Waals surface area contributed by atoms with E-state index < -0.39 is 6.04 Å². The average molecular weight is 341 g/mol. The lowest BCUT2D eigenvalue weighted by Crippen LogP contribution is -2.32. The Labute approximate surface area is 144 Å². The van der Waals surface area contributed by atoms with Crippen molar-refractivity contribution in [2.24, 2.45) is 0 Å². The van der Waals surface area contributed by atoms with Crippen LogP contribution in [0.4, 0.5) is 10.6 Å². The van der Waals surface area contributed by atoms with E-state index in [0.717, 1.165) is 5.56 Å². The summed E-state index contributed by atoms with van der Waals surface area (Å²) in [6.45, 7) is 5.73. The van der Waals surface area contributed by atoms with Crippen LogP contribution in [0, 0.1) is 0 Å². The molecule has 3 aromatic rings. The molecule has 9 heteroatoms. The number of carbonyl (C=O) groups excluding carboxylic acids is 1. The van der Waals surface area contributed by atoms with Crippen molar-refractivity contribution >= 4 is 11.8 Å². The first-order valence-corrected chi connectivity index (χ1v) is 7.89. The van der Waals surface area contributed by atoms with Crippen molar-refractivity contribution in [3.05, 3.63) is 42.7 Å². The second kappa shape index (κ2) is 7.12. The fraction of sp³-hybridized carbons (Fsp3) is 0.312. The summed E-state index contributed by atoms with van der Waals surface area (Å²) in [6.07, 6.45) is 4.95. The molecule has 2 amide bonds. The first-order chi connectivity index (χ1) is 12.0. The smallest absolute Gasteiger partial charge is 0.321 e. The molecule has 1 atom stereocenters. The molecule has 0 aliphatic carbocycles. The van der Waals surface area contributed by atoms with Crippen LogP contribution in [0.15, 0.2) is 41.3 Å². The summed E-state index contributed by atoms with van der Waals surface area (Å²) in [5.41, 5.74) is 0.745. The van der Waals surface area contributed by atoms with Crippen LogP contribution < -0.4 is 10.6 Å². The molecular weight excluding hydrogens is 322 g/mol. The fourth-order valence-electron chi connectivity index (χ4n) is 2.26. The summed E-state index contributed by atoms with van der Waals surface area (Å²) in [7, 11) is 0. The van der Waals surface area contributed by atoms with Crippen molar-refractivity contribution in [1.82, 2.24) is 30.2 Å². The van der Waals surface area contributed by atoms with Gasteiger partial charge in [-0.3, -0.25) is 10.3 Å². The Kier molecular flexibility index (Phi) is 4.73. The number of carbonyl (C=O) groups is 1. The minimum atomic E-state index is -0.451. The minimum Gasteiger partial charge on any atom is -0.337 e. The normalized spacial score (nSPS) is 12.2. The van der Waals surface area contributed by atoms with E-state index in [4.69, 9.17) is 4.52 Å². The van der Waals surface area contributed by atoms with Crippen LogP contribution in [0.5, 0.6) is 0 Å². The van der Waals surface area contributed by atoms with Gasteiger partial charge in [-0.05, 0) is 32.9 Å². The van der Waals surface area contributed by atoms with Crippen molar-refractivity contribution in [3.8, 4) is 11.4 Å². The summed E-state index contributed by atoms with van der Waals surface area (Å²) in [5.74, 6) is 1.35. The number of nitrogens with zero attached hydrogens (tertiary/aromatic N) is 5. The molecule has 0 aromatic carbocycles. The molecular formula is C16H19N7O2. The highest BCUT2D eigenvalue weighted by Gasteiger charge is 2.18. The van der Waals surface area contributed by atoms with Crippen molar-refractivity contribution in [3.63, 3.8) is 0 Å². The number of hydrogen-bond donors (Lipinski definition) is 2. The van der Waals surface area contributed by atoms with Crippen LogP contribution in [-0.2, 0) is 0 Å². The maximum atomic E-state index is 12.2. The molecule has 0 fully saturated rings. The summed E-state index contributed by atoms with van der Waals surface area (Å²) in [5, 5.41) is 13.6. The quantitative estimate of drug-likeness (QED) is 0.738. The highest BCUT2D eigenvalue weighted by molar-refractivity contribution is 5.88. The van der Waals surface area contributed by atoms with E-state index in [1.807, 2.05) is 19.9 Å². The Bertz CT molecular complexity index is 841. The molecule has 0 bridgehead atoms. The van der Waals surface area contributed by atoms with Gasteiger partial charge >= 0.3 is 6.03 Å². The third-order valence-corrected chi connectivity index (χ3v) is 3.48. The van der Waals surface area contributed by atoms with Gasteiger partial charge in [-0.2, -0.15) is 10.1 Å². The zero-order valence-electron chi connectivity index (χ0n) is 14.2. The van der Waals surface area contributed by atoms with Gasteiger partial charge < -0.3 is 9.84 Å². The molecule has 0 saturated carbocycles. The molecule has 0 aliphatic heterocycles. The van der Waals surface area contributed by atoms with Crippen molar-refractivity contribution < 1.29 is 9.32 Å². The van der Waals surface area contributed by atoms with Gasteiger partial charge in [0.1, 0.15) is 11.9 Å². The number of rotatable bonds is 5. The molecule has 25 heavy (non-hydrogen) atoms. The third kappa shape index (κ3) is 3.82. The molecule has 3 heterocycles. The number of pyridine rings is 1. The van der Waals surface area contributed by atoms with Gasteiger partial charge in [0.15, 0.2) is 0 Å². The minimum absolute atomic E-state index is 0.140. The topological polar surface area (TPSA) is 111 Å². The molecule has 0 saturated heterocycles. The molecule has 0 unspecified atom stereocenters. The molecule has 2 N–H and O–H groups in total. The third-order valence-electron chi connectivity index (χ3n) is 3.48. The molecule has 3 aromatic heterocycles. The van der Waals surface area contributed by atoms with E-state index in [9.17, 15) is 4.79 Å². The number of nitrogens with one attached hydrogen (secondary N) is 2. The van der Waals surface area contributed by atoms with E-state index in [1.165, 1.54) is 0 Å². The summed E-state index contributed by atoms with van der Waals surface area (Å²) in [4.78, 5) is 20.5. The highest BCUT2D eigenvalue weighted by Crippen LogP contribution is 2.18. The van der Waals surface area contributed by atoms with E-state index in [0.29, 0.717) is 17.5 Å². The highest BCUT2D eigenvalue weighted by atomic mass is 16.5. The Morgan fingerprint density at radius 3 is 2.80 bits per heavy atom. The lowest BCUT2D eigenvalue weighted by molar-refractivity contribution is 0.245. The Balaban J connectivity index is 1.64. The number of urea groups is 1. The van der Waals surface area contributed by atoms with E-state index >= 15 is 0 Å². The molecule has 3 rings (SSSR count). The van der Waals surface area contributed by atoms with Gasteiger partial charge in [0.05, 0.1) is 6.20 Å². The number of hydrogen-bond acceptors (Lipinski definition) is 6. The van der Waals surface area contributed by atoms with Crippen molar-refractivity contribution in [1.29, 1.82) is 0 Å². The molecule has 0 aliphatic rings. The summed E-state index contributed by atoms with van der Waals surface area (Å²) < 4.78 is 6.95. The van der Waals surface area contributed by atoms with Crippen LogP contribution in [0.1, 0.15) is 38.7 Å². The number of aromatic nitrogens is 5. The van der Waals surface area contributed by atoms with Crippen LogP contribution in [0.3, 0.4) is 0 Å². The Morgan fingerprint density at radius 2 is 2.08 bits per heavy atom. The first kappa shape index (κ1) is 16.6. The van der Waals surface area contributed by atoms with Crippen LogP contribution in [-0.4, -0.2) is 30.9 Å². The van der Waals surface area contributed by atoms with Gasteiger partial charge in [0, 0.05) is 30.1 Å². The van der Waals surface area contributed by atoms with Crippen molar-refractivity contribution in [2.45, 2.75) is 32.9 Å². The van der Waals surface area contributed by atoms with Gasteiger partial charge in [0.25, 0.3) is 0 Å². The van der Waals surface area contributed by atoms with Gasteiger partial charge in [-0.25, -0.2) is 9.48 Å². The number of anilines is 1. The predicted octanol–water partition coefficient (Wildman–Crippen LogP) is 2.79. The van der Waals surface area contributed by atoms with Gasteiger partial charge in [-0.15, -0.1) is 0 Å². The van der Waals surface area contributed by atoms with Gasteiger partial charge in [0.2, 0.25) is 11.7 Å². The molecule has 9 nitrogen and oxygen atoms in total. The largest absolute Gasteiger partial charge is 0.337 e. The molecule has 0 spiro atoms. The van der Waals surface area contributed by atoms with E-state index in [1.54, 1.807) is 42.3 Å². The first-order valence-electron chi connectivity index (χ1n) is 7.89. The van der Waals surface area contributed by atoms with Crippen molar-refractivity contribution in [2.75, 3.05) is 5.32 Å². The molecule has 130 valence electrons. The molecule has 0 radical (unpaired) electrons. The van der Waals surface area contributed by atoms with Crippen LogP contribution >= 0.6 is 0 Å². The maximum Gasteiger partial charge on any atom is 0.321 e. The summed E-state index contributed by atoms with van der Waals surface area (Å²) >= 11 is 0. The second-order valence-electron chi connectivity index (χ2n) is 5.77. The summed E-state index contributed by atoms with van der Waals surface area (Å²) in [6, 6.07) is 4.67. The zero-order chi connectivity index (χ0) is 17.8. The Morgan fingerprint density at radius 1 is 1.24 bits per heavy atom. The van der Waals surface area contributed by atoms with Crippen LogP contribution in [0.25, 0.3) is 11.4 Å². The standard InChI is InChI=1S/C16H19N7O2/c1-10(2)23-13(6-8-18-23)20-16(24)19-11(3)15-21-14(22-25-15)12-5-4-7-17-9-12/h4-11H,1-3H3,(H2,19,20,24)/t11-/m0/s1. The fourth-order valence-corrected chi connectivity index (χ4v) is 2.26. The lowest BCUT2D eigenvalue weighted by Gasteiger charge is -2.14. The van der Waals surface area contributed by atoms with E-state index in [-0.39, 0.29) is 12.1 Å². The average Bonchev–Trinajstić information content (AvgIpc) is 3.24. The SMILES string of the molecule is CC(C)n1nccc1NC(=O)N[C@@H](C)c1nc(-c2cccnc2)no1. The number of amides is 2. The van der Waals surface area contributed by atoms with E-state index in [2.05, 4.69) is 30.9 Å². The maximum absolute atomic E-state index is 12.2. The second-order valence-corrected chi connectivity index (χ2v) is 5.77.